The van der Waals surface area contributed by atoms with Crippen molar-refractivity contribution in [2.24, 2.45) is 0 Å². The number of alkyl halides is 15. The standard InChI is InChI=1S/C11H3F15/c1-2(12)3(13)7(17,18)5(15)9(21,22)4(2,14)10(23,24)6(16,8(3,19)20)11(5,25)26/h1H3. The molecule has 4 saturated carbocycles. The molecule has 0 amide bonds. The molecule has 0 aromatic carbocycles. The fraction of sp³-hybridized carbons (Fsp3) is 1.00. The van der Waals surface area contributed by atoms with E-state index in [4.69, 9.17) is 0 Å². The molecule has 4 bridgehead atoms. The molecule has 0 aliphatic heterocycles. The van der Waals surface area contributed by atoms with E-state index < -0.39 is 64.9 Å². The van der Waals surface area contributed by atoms with E-state index in [1.54, 1.807) is 0 Å². The second-order valence-corrected chi connectivity index (χ2v) is 6.51. The summed E-state index contributed by atoms with van der Waals surface area (Å²) in [4.78, 5) is 0. The van der Waals surface area contributed by atoms with Crippen molar-refractivity contribution in [1.29, 1.82) is 0 Å². The van der Waals surface area contributed by atoms with Crippen molar-refractivity contribution in [1.82, 2.24) is 0 Å². The quantitative estimate of drug-likeness (QED) is 0.496. The van der Waals surface area contributed by atoms with E-state index >= 15 is 0 Å². The molecule has 0 radical (unpaired) electrons. The Morgan fingerprint density at radius 1 is 0.308 bits per heavy atom. The van der Waals surface area contributed by atoms with E-state index in [2.05, 4.69) is 0 Å². The second kappa shape index (κ2) is 3.63. The predicted octanol–water partition coefficient (Wildman–Crippen LogP) is 4.77. The number of rotatable bonds is 0. The Bertz CT molecular complexity index is 507. The van der Waals surface area contributed by atoms with Gasteiger partial charge in [-0.25, -0.2) is 22.0 Å². The molecule has 4 aliphatic carbocycles. The van der Waals surface area contributed by atoms with Gasteiger partial charge in [0.25, 0.3) is 11.3 Å². The second-order valence-electron chi connectivity index (χ2n) is 6.51. The molecule has 15 heteroatoms. The normalized spacial score (nSPS) is 57.2. The van der Waals surface area contributed by atoms with Crippen LogP contribution in [0.25, 0.3) is 0 Å². The van der Waals surface area contributed by atoms with Crippen molar-refractivity contribution >= 4 is 0 Å². The van der Waals surface area contributed by atoms with Gasteiger partial charge in [-0.1, -0.05) is 0 Å². The largest absolute Gasteiger partial charge is 0.339 e. The summed E-state index contributed by atoms with van der Waals surface area (Å²) in [7, 11) is 0. The van der Waals surface area contributed by atoms with Gasteiger partial charge in [-0.2, -0.15) is 43.9 Å². The first-order valence-corrected chi connectivity index (χ1v) is 6.33. The minimum Gasteiger partial charge on any atom is -0.236 e. The van der Waals surface area contributed by atoms with E-state index in [0.29, 0.717) is 0 Å². The van der Waals surface area contributed by atoms with Crippen LogP contribution < -0.4 is 0 Å². The van der Waals surface area contributed by atoms with E-state index in [1.807, 2.05) is 0 Å². The summed E-state index contributed by atoms with van der Waals surface area (Å²) in [5.74, 6) is -37.9. The Kier molecular flexibility index (Phi) is 2.75. The molecule has 0 spiro atoms. The Morgan fingerprint density at radius 3 is 0.654 bits per heavy atom. The van der Waals surface area contributed by atoms with Gasteiger partial charge in [0, 0.05) is 0 Å². The highest BCUT2D eigenvalue weighted by molar-refractivity contribution is 5.54. The number of hydrogen-bond acceptors (Lipinski definition) is 0. The van der Waals surface area contributed by atoms with Crippen molar-refractivity contribution < 1.29 is 65.9 Å². The lowest BCUT2D eigenvalue weighted by Crippen LogP contribution is -3.09. The molecule has 0 nitrogen and oxygen atoms in total. The zero-order valence-electron chi connectivity index (χ0n) is 11.7. The maximum atomic E-state index is 14.4. The molecule has 4 fully saturated rings. The molecule has 0 N–H and O–H groups in total. The molecule has 0 aromatic rings. The Morgan fingerprint density at radius 2 is 0.462 bits per heavy atom. The minimum absolute atomic E-state index is 1.29. The van der Waals surface area contributed by atoms with Gasteiger partial charge in [-0.05, 0) is 6.92 Å². The van der Waals surface area contributed by atoms with E-state index in [9.17, 15) is 65.9 Å². The van der Waals surface area contributed by atoms with E-state index in [1.165, 1.54) is 0 Å². The molecular weight excluding hydrogens is 417 g/mol. The molecule has 0 aromatic heterocycles. The molecule has 0 atom stereocenters. The predicted molar refractivity (Wildman–Crippen MR) is 49.6 cm³/mol. The van der Waals surface area contributed by atoms with Crippen LogP contribution in [0.5, 0.6) is 0 Å². The average molecular weight is 420 g/mol. The maximum Gasteiger partial charge on any atom is 0.339 e. The highest BCUT2D eigenvalue weighted by atomic mass is 19.3. The van der Waals surface area contributed by atoms with Gasteiger partial charge >= 0.3 is 41.0 Å². The van der Waals surface area contributed by atoms with E-state index in [0.717, 1.165) is 0 Å². The first-order valence-electron chi connectivity index (χ1n) is 6.33. The Hall–Kier alpha value is -1.05. The molecule has 0 unspecified atom stereocenters. The average Bonchev–Trinajstić information content (AvgIpc) is 2.46. The van der Waals surface area contributed by atoms with Crippen LogP contribution in [0, 0.1) is 0 Å². The van der Waals surface area contributed by atoms with Crippen LogP contribution in [0.1, 0.15) is 6.92 Å². The van der Waals surface area contributed by atoms with Crippen LogP contribution in [0.3, 0.4) is 0 Å². The van der Waals surface area contributed by atoms with Gasteiger partial charge in [-0.3, -0.25) is 0 Å². The fourth-order valence-electron chi connectivity index (χ4n) is 4.18. The first-order chi connectivity index (χ1) is 11.0. The molecule has 0 saturated heterocycles. The van der Waals surface area contributed by atoms with Crippen LogP contribution in [0.15, 0.2) is 0 Å². The summed E-state index contributed by atoms with van der Waals surface area (Å²) in [6.07, 6.45) is 0. The molecule has 0 heterocycles. The zero-order chi connectivity index (χ0) is 21.0. The van der Waals surface area contributed by atoms with Crippen LogP contribution in [0.4, 0.5) is 65.9 Å². The monoisotopic (exact) mass is 420 g/mol. The molecule has 4 rings (SSSR count). The Labute approximate surface area is 132 Å². The lowest BCUT2D eigenvalue weighted by atomic mass is 9.38. The summed E-state index contributed by atoms with van der Waals surface area (Å²) >= 11 is 0. The third kappa shape index (κ3) is 0.967. The minimum atomic E-state index is -7.75. The smallest absolute Gasteiger partial charge is 0.236 e. The molecule has 152 valence electrons. The first kappa shape index (κ1) is 19.7. The van der Waals surface area contributed by atoms with Crippen LogP contribution >= 0.6 is 0 Å². The van der Waals surface area contributed by atoms with E-state index in [-0.39, 0.29) is 0 Å². The van der Waals surface area contributed by atoms with Crippen LogP contribution in [-0.2, 0) is 0 Å². The van der Waals surface area contributed by atoms with Crippen molar-refractivity contribution in [3.05, 3.63) is 0 Å². The van der Waals surface area contributed by atoms with Gasteiger partial charge in [0.15, 0.2) is 0 Å². The Balaban J connectivity index is 2.71. The fourth-order valence-corrected chi connectivity index (χ4v) is 4.18. The highest BCUT2D eigenvalue weighted by Crippen LogP contribution is 2.88. The van der Waals surface area contributed by atoms with Gasteiger partial charge in [-0.15, -0.1) is 0 Å². The summed E-state index contributed by atoms with van der Waals surface area (Å²) in [5, 5.41) is 0. The lowest BCUT2D eigenvalue weighted by Gasteiger charge is -2.74. The number of hydrogen-bond donors (Lipinski definition) is 0. The third-order valence-electron chi connectivity index (χ3n) is 5.62. The summed E-state index contributed by atoms with van der Waals surface area (Å²) in [6, 6.07) is 0. The summed E-state index contributed by atoms with van der Waals surface area (Å²) in [5.41, 5.74) is -35.9. The van der Waals surface area contributed by atoms with Crippen molar-refractivity contribution in [2.45, 2.75) is 64.9 Å². The summed E-state index contributed by atoms with van der Waals surface area (Å²) < 4.78 is 210. The van der Waals surface area contributed by atoms with Gasteiger partial charge in [0.05, 0.1) is 0 Å². The third-order valence-corrected chi connectivity index (χ3v) is 5.62. The molecular formula is C11H3F15. The molecule has 4 aliphatic rings. The highest BCUT2D eigenvalue weighted by Gasteiger charge is 3.22. The van der Waals surface area contributed by atoms with Gasteiger partial charge < -0.3 is 0 Å². The summed E-state index contributed by atoms with van der Waals surface area (Å²) in [6.45, 7) is -1.29. The van der Waals surface area contributed by atoms with Crippen LogP contribution in [0.2, 0.25) is 0 Å². The zero-order valence-corrected chi connectivity index (χ0v) is 11.7. The SMILES string of the molecule is CC1(F)C2(F)C(F)(F)C3(F)C(F)(F)C1(F)C(F)(F)C(F)(C2(F)F)C3(F)F. The van der Waals surface area contributed by atoms with Crippen molar-refractivity contribution in [3.8, 4) is 0 Å². The maximum absolute atomic E-state index is 14.4. The lowest BCUT2D eigenvalue weighted by molar-refractivity contribution is -0.593. The number of halogens is 15. The van der Waals surface area contributed by atoms with Gasteiger partial charge in [0.1, 0.15) is 0 Å². The van der Waals surface area contributed by atoms with Gasteiger partial charge in [0.2, 0.25) is 5.67 Å². The van der Waals surface area contributed by atoms with Crippen molar-refractivity contribution in [3.63, 3.8) is 0 Å². The van der Waals surface area contributed by atoms with Crippen molar-refractivity contribution in [2.75, 3.05) is 0 Å². The topological polar surface area (TPSA) is 0 Å². The molecule has 26 heavy (non-hydrogen) atoms. The van der Waals surface area contributed by atoms with Crippen LogP contribution in [-0.4, -0.2) is 58.0 Å².